The van der Waals surface area contributed by atoms with E-state index >= 15 is 0 Å². The highest BCUT2D eigenvalue weighted by Crippen LogP contribution is 2.32. The number of nitrogens with zero attached hydrogens (tertiary/aromatic N) is 4. The van der Waals surface area contributed by atoms with Crippen molar-refractivity contribution in [3.05, 3.63) is 71.8 Å². The SMILES string of the molecule is CCc1cc(Nc2nccn3c(C4=CC(=N)CN=C4C(F)(F)F)cnc23)ccc1C(=O)NCC/C=C/C(=O)C(C)N. The molecule has 0 saturated heterocycles. The number of nitrogens with two attached hydrogens (primary N) is 1. The number of hydrogen-bond acceptors (Lipinski definition) is 8. The second kappa shape index (κ2) is 12.3. The molecule has 0 fully saturated rings. The van der Waals surface area contributed by atoms with Crippen LogP contribution >= 0.6 is 0 Å². The number of anilines is 2. The third kappa shape index (κ3) is 6.74. The normalized spacial score (nSPS) is 14.6. The Balaban J connectivity index is 1.53. The molecule has 41 heavy (non-hydrogen) atoms. The lowest BCUT2D eigenvalue weighted by atomic mass is 10.0. The van der Waals surface area contributed by atoms with Gasteiger partial charge in [-0.2, -0.15) is 13.2 Å². The van der Waals surface area contributed by atoms with E-state index in [0.29, 0.717) is 36.5 Å². The number of aryl methyl sites for hydroxylation is 1. The molecule has 1 aromatic carbocycles. The zero-order valence-corrected chi connectivity index (χ0v) is 22.4. The molecule has 0 radical (unpaired) electrons. The maximum atomic E-state index is 13.7. The highest BCUT2D eigenvalue weighted by molar-refractivity contribution is 6.31. The fourth-order valence-corrected chi connectivity index (χ4v) is 4.22. The number of nitrogens with one attached hydrogen (secondary N) is 3. The number of carbonyl (C=O) groups excluding carboxylic acids is 2. The van der Waals surface area contributed by atoms with Crippen LogP contribution < -0.4 is 16.4 Å². The van der Waals surface area contributed by atoms with E-state index in [1.807, 2.05) is 6.92 Å². The molecule has 10 nitrogen and oxygen atoms in total. The number of halogens is 3. The van der Waals surface area contributed by atoms with Gasteiger partial charge < -0.3 is 21.8 Å². The number of fused-ring (bicyclic) bond motifs is 1. The van der Waals surface area contributed by atoms with Gasteiger partial charge in [-0.15, -0.1) is 0 Å². The Morgan fingerprint density at radius 3 is 2.76 bits per heavy atom. The number of allylic oxidation sites excluding steroid dienone is 1. The molecule has 5 N–H and O–H groups in total. The molecule has 0 saturated carbocycles. The Morgan fingerprint density at radius 2 is 2.05 bits per heavy atom. The summed E-state index contributed by atoms with van der Waals surface area (Å²) in [5.41, 5.74) is 6.45. The second-order valence-corrected chi connectivity index (χ2v) is 9.35. The lowest BCUT2D eigenvalue weighted by molar-refractivity contribution is -0.115. The Labute approximate surface area is 233 Å². The van der Waals surface area contributed by atoms with E-state index in [2.05, 4.69) is 25.6 Å². The summed E-state index contributed by atoms with van der Waals surface area (Å²) in [7, 11) is 0. The van der Waals surface area contributed by atoms with Gasteiger partial charge in [0.15, 0.2) is 17.2 Å². The van der Waals surface area contributed by atoms with Crippen LogP contribution in [0.25, 0.3) is 11.2 Å². The number of hydrogen-bond donors (Lipinski definition) is 4. The Morgan fingerprint density at radius 1 is 1.27 bits per heavy atom. The first kappa shape index (κ1) is 29.3. The number of aliphatic imine (C=N–C) groups is 1. The molecule has 0 aliphatic carbocycles. The molecule has 4 rings (SSSR count). The van der Waals surface area contributed by atoms with Gasteiger partial charge in [0.25, 0.3) is 5.91 Å². The van der Waals surface area contributed by atoms with Gasteiger partial charge in [-0.1, -0.05) is 13.0 Å². The van der Waals surface area contributed by atoms with Gasteiger partial charge in [0.05, 0.1) is 30.2 Å². The summed E-state index contributed by atoms with van der Waals surface area (Å²) in [5.74, 6) is -0.147. The average molecular weight is 567 g/mol. The number of carbonyl (C=O) groups is 2. The van der Waals surface area contributed by atoms with Crippen LogP contribution in [0.5, 0.6) is 0 Å². The Bertz CT molecular complexity index is 1580. The topological polar surface area (TPSA) is 151 Å². The molecule has 2 aromatic heterocycles. The molecular weight excluding hydrogens is 537 g/mol. The lowest BCUT2D eigenvalue weighted by Crippen LogP contribution is -2.29. The standard InChI is InChI=1S/C28H29F3N8O2/c1-3-17-12-19(7-8-20(17)27(41)35-9-5-4-6-23(40)16(2)32)38-25-26-37-15-22(39(26)11-10-34-25)21-13-18(33)14-36-24(21)28(29,30)31/h4,6-8,10-13,15-16,33H,3,5,9,14,32H2,1-2H3,(H,34,38)(H,35,41)/b6-4+,33-18?. The zero-order chi connectivity index (χ0) is 29.7. The van der Waals surface area contributed by atoms with E-state index in [1.165, 1.54) is 29.1 Å². The fraction of sp³-hybridized carbons (Fsp3) is 0.286. The second-order valence-electron chi connectivity index (χ2n) is 9.35. The third-order valence-electron chi connectivity index (χ3n) is 6.27. The van der Waals surface area contributed by atoms with Gasteiger partial charge in [-0.05, 0) is 55.7 Å². The van der Waals surface area contributed by atoms with E-state index in [4.69, 9.17) is 11.1 Å². The first-order valence-corrected chi connectivity index (χ1v) is 12.9. The van der Waals surface area contributed by atoms with Crippen molar-refractivity contribution in [3.8, 4) is 0 Å². The summed E-state index contributed by atoms with van der Waals surface area (Å²) >= 11 is 0. The zero-order valence-electron chi connectivity index (χ0n) is 22.4. The highest BCUT2D eigenvalue weighted by atomic mass is 19.4. The maximum Gasteiger partial charge on any atom is 0.433 e. The predicted octanol–water partition coefficient (Wildman–Crippen LogP) is 4.05. The molecular formula is C28H29F3N8O2. The van der Waals surface area contributed by atoms with Gasteiger partial charge in [0.1, 0.15) is 5.71 Å². The molecule has 13 heteroatoms. The molecule has 0 bridgehead atoms. The number of amides is 1. The molecule has 3 aromatic rings. The van der Waals surface area contributed by atoms with Crippen molar-refractivity contribution < 1.29 is 22.8 Å². The minimum Gasteiger partial charge on any atom is -0.352 e. The van der Waals surface area contributed by atoms with E-state index in [1.54, 1.807) is 31.2 Å². The van der Waals surface area contributed by atoms with E-state index in [-0.39, 0.29) is 40.9 Å². The van der Waals surface area contributed by atoms with E-state index in [9.17, 15) is 22.8 Å². The minimum atomic E-state index is -4.69. The molecule has 0 spiro atoms. The van der Waals surface area contributed by atoms with Gasteiger partial charge in [0.2, 0.25) is 0 Å². The van der Waals surface area contributed by atoms with Crippen molar-refractivity contribution >= 4 is 45.8 Å². The smallest absolute Gasteiger partial charge is 0.352 e. The van der Waals surface area contributed by atoms with Crippen molar-refractivity contribution in [1.82, 2.24) is 19.7 Å². The maximum absolute atomic E-state index is 13.7. The summed E-state index contributed by atoms with van der Waals surface area (Å²) in [4.78, 5) is 36.5. The molecule has 1 unspecified atom stereocenters. The molecule has 1 atom stereocenters. The van der Waals surface area contributed by atoms with E-state index in [0.717, 1.165) is 11.6 Å². The quantitative estimate of drug-likeness (QED) is 0.215. The number of rotatable bonds is 10. The van der Waals surface area contributed by atoms with E-state index < -0.39 is 17.9 Å². The van der Waals surface area contributed by atoms with Crippen LogP contribution in [-0.2, 0) is 11.2 Å². The van der Waals surface area contributed by atoms with Gasteiger partial charge >= 0.3 is 6.18 Å². The first-order chi connectivity index (χ1) is 19.5. The number of imidazole rings is 1. The molecule has 1 aliphatic heterocycles. The van der Waals surface area contributed by atoms with Crippen LogP contribution in [0.15, 0.2) is 60.0 Å². The monoisotopic (exact) mass is 566 g/mol. The van der Waals surface area contributed by atoms with Crippen LogP contribution in [0, 0.1) is 5.41 Å². The molecule has 1 amide bonds. The Hall–Kier alpha value is -4.65. The van der Waals surface area contributed by atoms with Crippen molar-refractivity contribution in [2.75, 3.05) is 18.4 Å². The summed E-state index contributed by atoms with van der Waals surface area (Å²) < 4.78 is 42.4. The van der Waals surface area contributed by atoms with Crippen molar-refractivity contribution in [2.45, 2.75) is 38.9 Å². The third-order valence-corrected chi connectivity index (χ3v) is 6.27. The van der Waals surface area contributed by atoms with Crippen molar-refractivity contribution in [3.63, 3.8) is 0 Å². The van der Waals surface area contributed by atoms with Gasteiger partial charge in [-0.25, -0.2) is 9.97 Å². The van der Waals surface area contributed by atoms with Gasteiger partial charge in [0, 0.05) is 35.8 Å². The largest absolute Gasteiger partial charge is 0.433 e. The number of dihydropyridines is 1. The van der Waals surface area contributed by atoms with Crippen LogP contribution in [-0.4, -0.2) is 62.8 Å². The van der Waals surface area contributed by atoms with Crippen LogP contribution in [0.1, 0.15) is 41.9 Å². The number of aromatic nitrogens is 3. The molecule has 3 heterocycles. The fourth-order valence-electron chi connectivity index (χ4n) is 4.22. The van der Waals surface area contributed by atoms with Crippen LogP contribution in [0.4, 0.5) is 24.7 Å². The molecule has 1 aliphatic rings. The minimum absolute atomic E-state index is 0.0422. The average Bonchev–Trinajstić information content (AvgIpc) is 3.37. The van der Waals surface area contributed by atoms with Crippen molar-refractivity contribution in [2.24, 2.45) is 10.7 Å². The highest BCUT2D eigenvalue weighted by Gasteiger charge is 2.40. The summed E-state index contributed by atoms with van der Waals surface area (Å²) in [5, 5.41) is 13.8. The van der Waals surface area contributed by atoms with Gasteiger partial charge in [-0.3, -0.25) is 19.0 Å². The van der Waals surface area contributed by atoms with Crippen LogP contribution in [0.2, 0.25) is 0 Å². The first-order valence-electron chi connectivity index (χ1n) is 12.9. The summed E-state index contributed by atoms with van der Waals surface area (Å²) in [6, 6.07) is 4.60. The van der Waals surface area contributed by atoms with Crippen molar-refractivity contribution in [1.29, 1.82) is 5.41 Å². The number of alkyl halides is 3. The summed E-state index contributed by atoms with van der Waals surface area (Å²) in [6.07, 6.45) is 4.79. The number of benzene rings is 1. The lowest BCUT2D eigenvalue weighted by Gasteiger charge is -2.18. The van der Waals surface area contributed by atoms with Crippen LogP contribution in [0.3, 0.4) is 0 Å². The number of ketones is 1. The summed E-state index contributed by atoms with van der Waals surface area (Å²) in [6.45, 7) is 3.51. The molecule has 214 valence electrons. The Kier molecular flexibility index (Phi) is 8.77. The predicted molar refractivity (Wildman–Crippen MR) is 151 cm³/mol.